The summed E-state index contributed by atoms with van der Waals surface area (Å²) in [5.41, 5.74) is 16.5. The van der Waals surface area contributed by atoms with E-state index >= 15 is 4.39 Å². The quantitative estimate of drug-likeness (QED) is 0.122. The summed E-state index contributed by atoms with van der Waals surface area (Å²) in [6.07, 6.45) is 6.86. The largest absolute Gasteiger partial charge is 0.368 e. The van der Waals surface area contributed by atoms with Crippen molar-refractivity contribution in [2.45, 2.75) is 89.3 Å². The van der Waals surface area contributed by atoms with Crippen LogP contribution >= 0.6 is 0 Å². The molecule has 2 aliphatic heterocycles. The highest BCUT2D eigenvalue weighted by molar-refractivity contribution is 5.81. The lowest BCUT2D eigenvalue weighted by Gasteiger charge is -2.33. The summed E-state index contributed by atoms with van der Waals surface area (Å²) in [6, 6.07) is 13.6. The minimum absolute atomic E-state index is 0.0636. The highest BCUT2D eigenvalue weighted by atomic mass is 19.1. The Kier molecular flexibility index (Phi) is 10.7. The van der Waals surface area contributed by atoms with Gasteiger partial charge in [0, 0.05) is 40.8 Å². The van der Waals surface area contributed by atoms with Gasteiger partial charge in [0.25, 0.3) is 0 Å². The molecule has 2 aromatic carbocycles. The third-order valence-electron chi connectivity index (χ3n) is 8.74. The van der Waals surface area contributed by atoms with Crippen molar-refractivity contribution >= 4 is 17.7 Å². The number of nitrogens with two attached hydrogens (primary N) is 2. The van der Waals surface area contributed by atoms with Crippen LogP contribution in [0.5, 0.6) is 0 Å². The zero-order chi connectivity index (χ0) is 32.1. The monoisotopic (exact) mass is 620 g/mol. The lowest BCUT2D eigenvalue weighted by molar-refractivity contribution is 0.186. The number of nitrogens with one attached hydrogen (secondary N) is 4. The van der Waals surface area contributed by atoms with Gasteiger partial charge < -0.3 is 37.1 Å². The fraction of sp³-hybridized carbons (Fsp3) is 0.471. The van der Waals surface area contributed by atoms with Crippen molar-refractivity contribution < 1.29 is 13.9 Å². The topological polar surface area (TPSA) is 152 Å². The van der Waals surface area contributed by atoms with Gasteiger partial charge >= 0.3 is 0 Å². The molecule has 5 atom stereocenters. The first-order valence-corrected chi connectivity index (χ1v) is 15.9. The molecule has 3 heterocycles. The predicted octanol–water partition coefficient (Wildman–Crippen LogP) is 3.39. The van der Waals surface area contributed by atoms with E-state index in [2.05, 4.69) is 20.6 Å². The summed E-state index contributed by atoms with van der Waals surface area (Å²) in [5, 5.41) is 26.0. The second-order valence-electron chi connectivity index (χ2n) is 12.5. The highest BCUT2D eigenvalue weighted by Crippen LogP contribution is 2.30. The average molecular weight is 621 g/mol. The Morgan fingerprint density at radius 1 is 1.22 bits per heavy atom. The Morgan fingerprint density at radius 3 is 2.71 bits per heavy atom. The molecule has 9 nitrogen and oxygen atoms in total. The number of anilines is 1. The summed E-state index contributed by atoms with van der Waals surface area (Å²) in [5.74, 6) is -0.130. The van der Waals surface area contributed by atoms with Gasteiger partial charge in [-0.05, 0) is 93.3 Å². The number of H-pyrrole nitrogens is 1. The van der Waals surface area contributed by atoms with Gasteiger partial charge in [0.1, 0.15) is 23.8 Å². The maximum Gasteiger partial charge on any atom is 0.231 e. The molecule has 0 saturated carbocycles. The van der Waals surface area contributed by atoms with E-state index < -0.39 is 19.1 Å². The molecule has 0 radical (unpaired) electrons. The van der Waals surface area contributed by atoms with E-state index in [0.29, 0.717) is 28.7 Å². The van der Waals surface area contributed by atoms with E-state index in [0.717, 1.165) is 60.6 Å². The van der Waals surface area contributed by atoms with Gasteiger partial charge in [0.05, 0.1) is 18.3 Å². The molecule has 242 valence electrons. The van der Waals surface area contributed by atoms with Crippen molar-refractivity contribution in [3.63, 3.8) is 0 Å². The first kappa shape index (κ1) is 32.7. The molecule has 1 saturated heterocycles. The van der Waals surface area contributed by atoms with E-state index in [9.17, 15) is 9.50 Å². The third kappa shape index (κ3) is 7.96. The Labute approximate surface area is 263 Å². The van der Waals surface area contributed by atoms with Crippen molar-refractivity contribution in [1.82, 2.24) is 15.6 Å². The Balaban J connectivity index is 1.30. The number of hydrogen-bond donors (Lipinski definition) is 7. The van der Waals surface area contributed by atoms with Gasteiger partial charge in [-0.15, -0.1) is 0 Å². The second-order valence-corrected chi connectivity index (χ2v) is 12.5. The molecule has 1 fully saturated rings. The van der Waals surface area contributed by atoms with E-state index in [4.69, 9.17) is 16.9 Å². The molecule has 1 aromatic heterocycles. The van der Waals surface area contributed by atoms with Gasteiger partial charge in [0.2, 0.25) is 6.35 Å². The van der Waals surface area contributed by atoms with E-state index in [1.54, 1.807) is 11.8 Å². The second kappa shape index (κ2) is 14.6. The summed E-state index contributed by atoms with van der Waals surface area (Å²) >= 11 is 0. The number of aryl methyl sites for hydroxylation is 2. The molecule has 0 aliphatic carbocycles. The summed E-state index contributed by atoms with van der Waals surface area (Å²) in [4.78, 5) is 9.37. The average Bonchev–Trinajstić information content (AvgIpc) is 3.44. The van der Waals surface area contributed by atoms with Crippen LogP contribution in [0.2, 0.25) is 0 Å². The van der Waals surface area contributed by atoms with Crippen LogP contribution in [0.15, 0.2) is 47.5 Å². The number of aromatic nitrogens is 1. The maximum absolute atomic E-state index is 15.3. The zero-order valence-corrected chi connectivity index (χ0v) is 26.1. The van der Waals surface area contributed by atoms with Crippen LogP contribution in [0.3, 0.4) is 0 Å². The van der Waals surface area contributed by atoms with Crippen LogP contribution in [0.25, 0.3) is 17.5 Å². The maximum atomic E-state index is 15.3. The number of alkyl halides is 1. The zero-order valence-electron chi connectivity index (χ0n) is 26.1. The van der Waals surface area contributed by atoms with Crippen LogP contribution in [-0.2, 0) is 6.42 Å². The molecular weight excluding hydrogens is 574 g/mol. The number of rotatable bonds is 12. The fourth-order valence-electron chi connectivity index (χ4n) is 6.38. The van der Waals surface area contributed by atoms with Crippen molar-refractivity contribution in [3.8, 4) is 11.3 Å². The van der Waals surface area contributed by atoms with E-state index in [-0.39, 0.29) is 36.3 Å². The normalized spacial score (nSPS) is 21.0. The van der Waals surface area contributed by atoms with Crippen molar-refractivity contribution in [3.05, 3.63) is 75.7 Å². The molecule has 5 rings (SSSR count). The number of fused-ring (bicyclic) bond motifs is 1. The number of hydrogen-bond acceptors (Lipinski definition) is 7. The standard InChI is InChI=1S/C34H46F2N8O/c1-20-13-22(6-3-5-21(2)38)14-28(32(20)36)30-15-24-19-44(34(45)43-33(24)42-30)27-11-9-23(10-12-27)29-8-4-7-25(40-29)16-26(17-35)41-31(39)18-37/h9-15,19,21,25-26,29,34,40,45H,3-8,16-18,37-38H2,1-2H3,(H2,39,41)(H,42,43)/t21-,25-,26-,29-,34?/m0/s1. The number of nitrogens with zero attached hydrogens (tertiary/aromatic N) is 2. The SMILES string of the molecule is Cc1cc(CCC[C@H](C)N)cc(-c2cc3c([nH]2)=NC(O)N(c2ccc([C@@H]4CCC[C@@H](C[C@@H](CF)NC(=N)CN)N4)cc2)C=3)c1F. The van der Waals surface area contributed by atoms with Crippen LogP contribution in [0.4, 0.5) is 14.5 Å². The van der Waals surface area contributed by atoms with Gasteiger partial charge in [-0.25, -0.2) is 13.8 Å². The number of halogens is 2. The van der Waals surface area contributed by atoms with Crippen molar-refractivity contribution in [2.24, 2.45) is 16.5 Å². The van der Waals surface area contributed by atoms with Crippen molar-refractivity contribution in [2.75, 3.05) is 18.1 Å². The smallest absolute Gasteiger partial charge is 0.231 e. The molecule has 11 heteroatoms. The lowest BCUT2D eigenvalue weighted by Crippen LogP contribution is -2.46. The Bertz CT molecular complexity index is 1590. The van der Waals surface area contributed by atoms with E-state index in [1.807, 2.05) is 55.6 Å². The highest BCUT2D eigenvalue weighted by Gasteiger charge is 2.26. The molecule has 0 bridgehead atoms. The van der Waals surface area contributed by atoms with Gasteiger partial charge in [-0.3, -0.25) is 5.41 Å². The summed E-state index contributed by atoms with van der Waals surface area (Å²) < 4.78 is 28.9. The molecule has 1 unspecified atom stereocenters. The first-order valence-electron chi connectivity index (χ1n) is 15.9. The van der Waals surface area contributed by atoms with Gasteiger partial charge in [-0.1, -0.05) is 24.6 Å². The molecular formula is C34H46F2N8O. The summed E-state index contributed by atoms with van der Waals surface area (Å²) in [7, 11) is 0. The van der Waals surface area contributed by atoms with Crippen LogP contribution in [0.1, 0.15) is 68.2 Å². The summed E-state index contributed by atoms with van der Waals surface area (Å²) in [6.45, 7) is 3.28. The fourth-order valence-corrected chi connectivity index (χ4v) is 6.38. The molecule has 0 spiro atoms. The van der Waals surface area contributed by atoms with Crippen LogP contribution < -0.4 is 37.7 Å². The molecule has 9 N–H and O–H groups in total. The first-order chi connectivity index (χ1) is 21.6. The Morgan fingerprint density at radius 2 is 2.00 bits per heavy atom. The predicted molar refractivity (Wildman–Crippen MR) is 175 cm³/mol. The third-order valence-corrected chi connectivity index (χ3v) is 8.74. The molecule has 45 heavy (non-hydrogen) atoms. The molecule has 3 aromatic rings. The van der Waals surface area contributed by atoms with Gasteiger partial charge in [0.15, 0.2) is 0 Å². The van der Waals surface area contributed by atoms with Crippen LogP contribution in [0, 0.1) is 18.2 Å². The number of piperidine rings is 1. The number of aliphatic hydroxyl groups excluding tert-OH is 1. The van der Waals surface area contributed by atoms with E-state index in [1.165, 1.54) is 0 Å². The lowest BCUT2D eigenvalue weighted by atomic mass is 9.90. The minimum Gasteiger partial charge on any atom is -0.368 e. The number of aliphatic hydroxyl groups is 1. The Hall–Kier alpha value is -3.64. The van der Waals surface area contributed by atoms with Crippen molar-refractivity contribution in [1.29, 1.82) is 5.41 Å². The van der Waals surface area contributed by atoms with Crippen LogP contribution in [-0.4, -0.2) is 53.6 Å². The molecule has 0 amide bonds. The number of aromatic amines is 1. The van der Waals surface area contributed by atoms with Gasteiger partial charge in [-0.2, -0.15) is 0 Å². The minimum atomic E-state index is -1.14. The molecule has 2 aliphatic rings. The number of amidine groups is 1. The number of benzene rings is 2.